The van der Waals surface area contributed by atoms with Crippen LogP contribution in [0.15, 0.2) is 54.6 Å². The fourth-order valence-corrected chi connectivity index (χ4v) is 3.37. The van der Waals surface area contributed by atoms with Gasteiger partial charge in [-0.15, -0.1) is 0 Å². The summed E-state index contributed by atoms with van der Waals surface area (Å²) in [5.41, 5.74) is 2.34. The second-order valence-corrected chi connectivity index (χ2v) is 7.52. The van der Waals surface area contributed by atoms with Crippen LogP contribution in [0.2, 0.25) is 10.0 Å². The maximum Gasteiger partial charge on any atom is 0.338 e. The van der Waals surface area contributed by atoms with E-state index in [4.69, 9.17) is 27.9 Å². The van der Waals surface area contributed by atoms with E-state index >= 15 is 0 Å². The van der Waals surface area contributed by atoms with Crippen LogP contribution in [0.3, 0.4) is 0 Å². The maximum atomic E-state index is 11.6. The van der Waals surface area contributed by atoms with Crippen LogP contribution in [0.5, 0.6) is 5.75 Å². The van der Waals surface area contributed by atoms with Gasteiger partial charge >= 0.3 is 11.7 Å². The van der Waals surface area contributed by atoms with Gasteiger partial charge in [0, 0.05) is 17.8 Å². The molecule has 0 spiro atoms. The third-order valence-corrected chi connectivity index (χ3v) is 5.40. The average molecular weight is 461 g/mol. The first-order valence-electron chi connectivity index (χ1n) is 9.18. The molecular weight excluding hydrogens is 443 g/mol. The van der Waals surface area contributed by atoms with E-state index in [1.165, 1.54) is 13.2 Å². The maximum absolute atomic E-state index is 11.6. The van der Waals surface area contributed by atoms with Gasteiger partial charge in [-0.2, -0.15) is 0 Å². The lowest BCUT2D eigenvalue weighted by atomic mass is 10.0. The highest BCUT2D eigenvalue weighted by molar-refractivity contribution is 6.42. The van der Waals surface area contributed by atoms with Gasteiger partial charge in [0.1, 0.15) is 0 Å². The molecule has 7 nitrogen and oxygen atoms in total. The second-order valence-electron chi connectivity index (χ2n) is 6.70. The highest BCUT2D eigenvalue weighted by Crippen LogP contribution is 2.34. The molecule has 3 aromatic carbocycles. The van der Waals surface area contributed by atoms with Crippen molar-refractivity contribution in [1.29, 1.82) is 0 Å². The minimum atomic E-state index is -1.29. The zero-order valence-electron chi connectivity index (χ0n) is 16.4. The van der Waals surface area contributed by atoms with E-state index in [2.05, 4.69) is 5.32 Å². The van der Waals surface area contributed by atoms with Crippen LogP contribution >= 0.6 is 23.2 Å². The molecule has 3 aromatic rings. The van der Waals surface area contributed by atoms with Crippen molar-refractivity contribution >= 4 is 46.2 Å². The monoisotopic (exact) mass is 460 g/mol. The van der Waals surface area contributed by atoms with Crippen LogP contribution in [-0.4, -0.2) is 23.1 Å². The number of hydrogen-bond donors (Lipinski definition) is 2. The van der Waals surface area contributed by atoms with Gasteiger partial charge in [0.15, 0.2) is 5.75 Å². The summed E-state index contributed by atoms with van der Waals surface area (Å²) < 4.78 is 5.04. The van der Waals surface area contributed by atoms with Crippen LogP contribution in [0.1, 0.15) is 21.5 Å². The van der Waals surface area contributed by atoms with Gasteiger partial charge in [0.05, 0.1) is 33.3 Å². The number of aromatic carboxylic acids is 1. The highest BCUT2D eigenvalue weighted by Gasteiger charge is 2.22. The molecule has 0 atom stereocenters. The molecule has 0 saturated heterocycles. The van der Waals surface area contributed by atoms with Gasteiger partial charge in [-0.05, 0) is 48.2 Å². The van der Waals surface area contributed by atoms with Crippen molar-refractivity contribution in [2.75, 3.05) is 12.4 Å². The van der Waals surface area contributed by atoms with Crippen molar-refractivity contribution < 1.29 is 19.6 Å². The number of nitrogens with one attached hydrogen (secondary N) is 1. The Bertz CT molecular complexity index is 1130. The number of nitro groups is 1. The van der Waals surface area contributed by atoms with Gasteiger partial charge < -0.3 is 15.2 Å². The van der Waals surface area contributed by atoms with E-state index in [0.717, 1.165) is 30.0 Å². The Labute approximate surface area is 188 Å². The molecular formula is C22H18Cl2N2O5. The van der Waals surface area contributed by atoms with Gasteiger partial charge in [0.2, 0.25) is 0 Å². The molecule has 0 aliphatic heterocycles. The fraction of sp³-hybridized carbons (Fsp3) is 0.136. The topological polar surface area (TPSA) is 102 Å². The third-order valence-electron chi connectivity index (χ3n) is 4.67. The van der Waals surface area contributed by atoms with Crippen molar-refractivity contribution in [3.63, 3.8) is 0 Å². The number of anilines is 2. The Morgan fingerprint density at radius 1 is 1.03 bits per heavy atom. The number of benzene rings is 3. The number of carboxylic acids is 1. The van der Waals surface area contributed by atoms with Crippen LogP contribution < -0.4 is 10.1 Å². The summed E-state index contributed by atoms with van der Waals surface area (Å²) >= 11 is 12.0. The van der Waals surface area contributed by atoms with E-state index in [1.54, 1.807) is 6.07 Å². The number of nitro benzene ring substituents is 1. The minimum Gasteiger partial charge on any atom is -0.490 e. The molecule has 0 aliphatic rings. The third kappa shape index (κ3) is 5.45. The number of hydrogen-bond acceptors (Lipinski definition) is 5. The Kier molecular flexibility index (Phi) is 6.99. The number of halogens is 2. The largest absolute Gasteiger partial charge is 0.490 e. The number of carboxylic acid groups (broad SMARTS) is 1. The molecule has 0 radical (unpaired) electrons. The molecule has 9 heteroatoms. The molecule has 0 unspecified atom stereocenters. The van der Waals surface area contributed by atoms with Crippen LogP contribution in [0, 0.1) is 10.1 Å². The van der Waals surface area contributed by atoms with Crippen LogP contribution in [0.4, 0.5) is 17.1 Å². The summed E-state index contributed by atoms with van der Waals surface area (Å²) in [5, 5.41) is 24.6. The van der Waals surface area contributed by atoms with Crippen molar-refractivity contribution in [1.82, 2.24) is 0 Å². The van der Waals surface area contributed by atoms with Crippen molar-refractivity contribution in [2.45, 2.75) is 12.8 Å². The molecule has 160 valence electrons. The first-order valence-corrected chi connectivity index (χ1v) is 9.93. The van der Waals surface area contributed by atoms with E-state index in [-0.39, 0.29) is 17.0 Å². The quantitative estimate of drug-likeness (QED) is 0.309. The smallest absolute Gasteiger partial charge is 0.338 e. The normalized spacial score (nSPS) is 10.5. The predicted molar refractivity (Wildman–Crippen MR) is 120 cm³/mol. The standard InChI is InChI=1S/C22H18Cl2N2O5/c1-31-21-12-19(16(22(27)28)11-20(21)26(29)30)25-15-7-4-13(5-8-15)2-3-14-6-9-17(23)18(24)10-14/h4-12,25H,2-3H2,1H3,(H,27,28). The SMILES string of the molecule is COc1cc(Nc2ccc(CCc3ccc(Cl)c(Cl)c3)cc2)c(C(=O)O)cc1[N+](=O)[O-]. The summed E-state index contributed by atoms with van der Waals surface area (Å²) in [4.78, 5) is 22.1. The number of carbonyl (C=O) groups is 1. The van der Waals surface area contributed by atoms with Gasteiger partial charge in [-0.1, -0.05) is 41.4 Å². The fourth-order valence-electron chi connectivity index (χ4n) is 3.05. The zero-order valence-corrected chi connectivity index (χ0v) is 17.9. The molecule has 3 rings (SSSR count). The number of ether oxygens (including phenoxy) is 1. The van der Waals surface area contributed by atoms with Gasteiger partial charge in [-0.3, -0.25) is 10.1 Å². The number of methoxy groups -OCH3 is 1. The first-order chi connectivity index (χ1) is 14.8. The molecule has 0 aliphatic carbocycles. The summed E-state index contributed by atoms with van der Waals surface area (Å²) in [6.45, 7) is 0. The molecule has 0 aromatic heterocycles. The molecule has 0 saturated carbocycles. The molecule has 0 fully saturated rings. The van der Waals surface area contributed by atoms with Crippen LogP contribution in [-0.2, 0) is 12.8 Å². The molecule has 0 amide bonds. The van der Waals surface area contributed by atoms with Crippen LogP contribution in [0.25, 0.3) is 0 Å². The van der Waals surface area contributed by atoms with E-state index in [1.807, 2.05) is 36.4 Å². The highest BCUT2D eigenvalue weighted by atomic mass is 35.5. The van der Waals surface area contributed by atoms with E-state index in [0.29, 0.717) is 15.7 Å². The Balaban J connectivity index is 1.76. The summed E-state index contributed by atoms with van der Waals surface area (Å²) in [6, 6.07) is 15.3. The lowest BCUT2D eigenvalue weighted by Gasteiger charge is -2.12. The number of aryl methyl sites for hydroxylation is 2. The molecule has 2 N–H and O–H groups in total. The lowest BCUT2D eigenvalue weighted by molar-refractivity contribution is -0.385. The number of rotatable bonds is 8. The van der Waals surface area contributed by atoms with E-state index < -0.39 is 16.6 Å². The molecule has 31 heavy (non-hydrogen) atoms. The van der Waals surface area contributed by atoms with E-state index in [9.17, 15) is 20.0 Å². The molecule has 0 heterocycles. The molecule has 0 bridgehead atoms. The Morgan fingerprint density at radius 2 is 1.68 bits per heavy atom. The zero-order chi connectivity index (χ0) is 22.5. The first kappa shape index (κ1) is 22.4. The van der Waals surface area contributed by atoms with Crippen molar-refractivity contribution in [3.05, 3.63) is 91.4 Å². The Morgan fingerprint density at radius 3 is 2.26 bits per heavy atom. The minimum absolute atomic E-state index is 0.0317. The number of nitrogens with zero attached hydrogens (tertiary/aromatic N) is 1. The lowest BCUT2D eigenvalue weighted by Crippen LogP contribution is -2.05. The summed E-state index contributed by atoms with van der Waals surface area (Å²) in [6.07, 6.45) is 1.57. The summed E-state index contributed by atoms with van der Waals surface area (Å²) in [5.74, 6) is -1.32. The van der Waals surface area contributed by atoms with Crippen molar-refractivity contribution in [2.24, 2.45) is 0 Å². The average Bonchev–Trinajstić information content (AvgIpc) is 2.74. The second kappa shape index (κ2) is 9.68. The Hall–Kier alpha value is -3.29. The van der Waals surface area contributed by atoms with Crippen molar-refractivity contribution in [3.8, 4) is 5.75 Å². The van der Waals surface area contributed by atoms with Gasteiger partial charge in [-0.25, -0.2) is 4.79 Å². The predicted octanol–water partition coefficient (Wildman–Crippen LogP) is 6.14. The summed E-state index contributed by atoms with van der Waals surface area (Å²) in [7, 11) is 1.29. The van der Waals surface area contributed by atoms with Gasteiger partial charge in [0.25, 0.3) is 0 Å².